The van der Waals surface area contributed by atoms with Gasteiger partial charge in [0.1, 0.15) is 11.5 Å². The van der Waals surface area contributed by atoms with Crippen molar-refractivity contribution in [3.63, 3.8) is 0 Å². The number of ether oxygens (including phenoxy) is 2. The van der Waals surface area contributed by atoms with Gasteiger partial charge in [0.2, 0.25) is 5.91 Å². The smallest absolute Gasteiger partial charge is 0.255 e. The monoisotopic (exact) mass is 382 g/mol. The van der Waals surface area contributed by atoms with E-state index >= 15 is 0 Å². The molecule has 0 radical (unpaired) electrons. The van der Waals surface area contributed by atoms with Gasteiger partial charge < -0.3 is 20.1 Å². The van der Waals surface area contributed by atoms with Crippen LogP contribution in [0.25, 0.3) is 0 Å². The molecule has 148 valence electrons. The second kappa shape index (κ2) is 9.78. The summed E-state index contributed by atoms with van der Waals surface area (Å²) in [7, 11) is 0. The SMILES string of the molecule is CCOc1ccccc1C(=O)NCCCC(=O)N[C@H]1CCOc2ccccc21. The Morgan fingerprint density at radius 1 is 1.14 bits per heavy atom. The Morgan fingerprint density at radius 2 is 1.93 bits per heavy atom. The molecule has 6 nitrogen and oxygen atoms in total. The minimum atomic E-state index is -0.192. The first-order valence-electron chi connectivity index (χ1n) is 9.70. The van der Waals surface area contributed by atoms with Crippen molar-refractivity contribution in [1.82, 2.24) is 10.6 Å². The summed E-state index contributed by atoms with van der Waals surface area (Å²) in [5.74, 6) is 1.19. The molecule has 0 aromatic heterocycles. The van der Waals surface area contributed by atoms with Gasteiger partial charge in [-0.1, -0.05) is 30.3 Å². The van der Waals surface area contributed by atoms with E-state index in [0.717, 1.165) is 17.7 Å². The maximum absolute atomic E-state index is 12.3. The van der Waals surface area contributed by atoms with Crippen molar-refractivity contribution in [2.24, 2.45) is 0 Å². The first-order valence-corrected chi connectivity index (χ1v) is 9.70. The number of rotatable bonds is 8. The lowest BCUT2D eigenvalue weighted by Crippen LogP contribution is -2.33. The van der Waals surface area contributed by atoms with Crippen LogP contribution in [0.15, 0.2) is 48.5 Å². The van der Waals surface area contributed by atoms with Crippen LogP contribution in [0.2, 0.25) is 0 Å². The molecule has 0 bridgehead atoms. The minimum absolute atomic E-state index is 0.0225. The zero-order valence-corrected chi connectivity index (χ0v) is 16.1. The molecule has 1 heterocycles. The molecule has 0 aliphatic carbocycles. The predicted molar refractivity (Wildman–Crippen MR) is 107 cm³/mol. The molecule has 3 rings (SSSR count). The van der Waals surface area contributed by atoms with Gasteiger partial charge in [0, 0.05) is 24.9 Å². The summed E-state index contributed by atoms with van der Waals surface area (Å²) in [5, 5.41) is 5.92. The summed E-state index contributed by atoms with van der Waals surface area (Å²) in [6, 6.07) is 14.9. The number of para-hydroxylation sites is 2. The van der Waals surface area contributed by atoms with Gasteiger partial charge in [0.15, 0.2) is 0 Å². The third-order valence-electron chi connectivity index (χ3n) is 4.59. The van der Waals surface area contributed by atoms with E-state index in [1.165, 1.54) is 0 Å². The van der Waals surface area contributed by atoms with Gasteiger partial charge in [0.25, 0.3) is 5.91 Å². The molecule has 1 aliphatic rings. The summed E-state index contributed by atoms with van der Waals surface area (Å²) in [4.78, 5) is 24.6. The van der Waals surface area contributed by atoms with E-state index < -0.39 is 0 Å². The van der Waals surface area contributed by atoms with Crippen LogP contribution < -0.4 is 20.1 Å². The van der Waals surface area contributed by atoms with Gasteiger partial charge in [-0.15, -0.1) is 0 Å². The van der Waals surface area contributed by atoms with Gasteiger partial charge in [-0.25, -0.2) is 0 Å². The van der Waals surface area contributed by atoms with Crippen molar-refractivity contribution >= 4 is 11.8 Å². The second-order valence-corrected chi connectivity index (χ2v) is 6.58. The van der Waals surface area contributed by atoms with Crippen LogP contribution in [0, 0.1) is 0 Å². The Bertz CT molecular complexity index is 822. The maximum Gasteiger partial charge on any atom is 0.255 e. The van der Waals surface area contributed by atoms with E-state index in [-0.39, 0.29) is 17.9 Å². The molecule has 2 amide bonds. The van der Waals surface area contributed by atoms with Crippen molar-refractivity contribution in [3.8, 4) is 11.5 Å². The van der Waals surface area contributed by atoms with Crippen LogP contribution in [0.3, 0.4) is 0 Å². The number of benzene rings is 2. The van der Waals surface area contributed by atoms with E-state index in [0.29, 0.717) is 43.9 Å². The quantitative estimate of drug-likeness (QED) is 0.687. The summed E-state index contributed by atoms with van der Waals surface area (Å²) in [6.07, 6.45) is 1.68. The Labute approximate surface area is 165 Å². The average molecular weight is 382 g/mol. The zero-order valence-electron chi connectivity index (χ0n) is 16.1. The van der Waals surface area contributed by atoms with Crippen molar-refractivity contribution in [2.45, 2.75) is 32.2 Å². The topological polar surface area (TPSA) is 76.7 Å². The van der Waals surface area contributed by atoms with Crippen LogP contribution in [0.4, 0.5) is 0 Å². The molecule has 1 aliphatic heterocycles. The molecule has 6 heteroatoms. The van der Waals surface area contributed by atoms with Crippen molar-refractivity contribution in [1.29, 1.82) is 0 Å². The number of nitrogens with one attached hydrogen (secondary N) is 2. The second-order valence-electron chi connectivity index (χ2n) is 6.58. The van der Waals surface area contributed by atoms with Crippen molar-refractivity contribution in [2.75, 3.05) is 19.8 Å². The van der Waals surface area contributed by atoms with Crippen molar-refractivity contribution in [3.05, 3.63) is 59.7 Å². The summed E-state index contributed by atoms with van der Waals surface area (Å²) in [5.41, 5.74) is 1.52. The van der Waals surface area contributed by atoms with Crippen LogP contribution in [-0.4, -0.2) is 31.6 Å². The van der Waals surface area contributed by atoms with Gasteiger partial charge in [0.05, 0.1) is 24.8 Å². The van der Waals surface area contributed by atoms with E-state index in [2.05, 4.69) is 10.6 Å². The van der Waals surface area contributed by atoms with Crippen LogP contribution in [0.5, 0.6) is 11.5 Å². The molecule has 0 saturated heterocycles. The van der Waals surface area contributed by atoms with Gasteiger partial charge in [-0.2, -0.15) is 0 Å². The molecule has 0 spiro atoms. The highest BCUT2D eigenvalue weighted by atomic mass is 16.5. The van der Waals surface area contributed by atoms with Crippen molar-refractivity contribution < 1.29 is 19.1 Å². The van der Waals surface area contributed by atoms with Gasteiger partial charge in [-0.3, -0.25) is 9.59 Å². The first kappa shape index (κ1) is 19.7. The molecular weight excluding hydrogens is 356 g/mol. The molecule has 0 saturated carbocycles. The molecule has 2 aromatic rings. The fraction of sp³-hybridized carbons (Fsp3) is 0.364. The highest BCUT2D eigenvalue weighted by Crippen LogP contribution is 2.31. The average Bonchev–Trinajstić information content (AvgIpc) is 2.72. The predicted octanol–water partition coefficient (Wildman–Crippen LogP) is 3.24. The Hall–Kier alpha value is -3.02. The lowest BCUT2D eigenvalue weighted by Gasteiger charge is -2.26. The molecule has 0 fully saturated rings. The molecular formula is C22H26N2O4. The maximum atomic E-state index is 12.3. The number of carbonyl (C=O) groups excluding carboxylic acids is 2. The molecule has 1 atom stereocenters. The van der Waals surface area contributed by atoms with Crippen LogP contribution >= 0.6 is 0 Å². The minimum Gasteiger partial charge on any atom is -0.493 e. The first-order chi connectivity index (χ1) is 13.7. The highest BCUT2D eigenvalue weighted by Gasteiger charge is 2.22. The Kier molecular flexibility index (Phi) is 6.89. The largest absolute Gasteiger partial charge is 0.493 e. The summed E-state index contributed by atoms with van der Waals surface area (Å²) >= 11 is 0. The zero-order chi connectivity index (χ0) is 19.8. The van der Waals surface area contributed by atoms with E-state index in [1.54, 1.807) is 18.2 Å². The van der Waals surface area contributed by atoms with E-state index in [1.807, 2.05) is 37.3 Å². The number of carbonyl (C=O) groups is 2. The highest BCUT2D eigenvalue weighted by molar-refractivity contribution is 5.96. The Morgan fingerprint density at radius 3 is 2.79 bits per heavy atom. The molecule has 28 heavy (non-hydrogen) atoms. The van der Waals surface area contributed by atoms with E-state index in [4.69, 9.17) is 9.47 Å². The third-order valence-corrected chi connectivity index (χ3v) is 4.59. The normalized spacial score (nSPS) is 15.1. The molecule has 2 N–H and O–H groups in total. The van der Waals surface area contributed by atoms with Crippen LogP contribution in [-0.2, 0) is 4.79 Å². The molecule has 2 aromatic carbocycles. The fourth-order valence-electron chi connectivity index (χ4n) is 3.24. The lowest BCUT2D eigenvalue weighted by molar-refractivity contribution is -0.122. The van der Waals surface area contributed by atoms with Gasteiger partial charge in [-0.05, 0) is 31.5 Å². The number of fused-ring (bicyclic) bond motifs is 1. The van der Waals surface area contributed by atoms with Gasteiger partial charge >= 0.3 is 0 Å². The number of hydrogen-bond acceptors (Lipinski definition) is 4. The van der Waals surface area contributed by atoms with Crippen LogP contribution in [0.1, 0.15) is 48.1 Å². The van der Waals surface area contributed by atoms with E-state index in [9.17, 15) is 9.59 Å². The summed E-state index contributed by atoms with van der Waals surface area (Å²) in [6.45, 7) is 3.40. The number of amides is 2. The molecule has 0 unspecified atom stereocenters. The summed E-state index contributed by atoms with van der Waals surface area (Å²) < 4.78 is 11.1. The Balaban J connectivity index is 1.43. The fourth-order valence-corrected chi connectivity index (χ4v) is 3.24. The lowest BCUT2D eigenvalue weighted by atomic mass is 10.0. The number of hydrogen-bond donors (Lipinski definition) is 2. The third kappa shape index (κ3) is 5.03. The standard InChI is InChI=1S/C22H26N2O4/c1-2-27-20-11-6-4-9-17(20)22(26)23-14-7-12-21(25)24-18-13-15-28-19-10-5-3-8-16(18)19/h3-6,8-11,18H,2,7,12-15H2,1H3,(H,23,26)(H,24,25)/t18-/m0/s1.